The Kier molecular flexibility index (Phi) is 4.87. The Morgan fingerprint density at radius 2 is 1.86 bits per heavy atom. The van der Waals surface area contributed by atoms with Gasteiger partial charge in [0.25, 0.3) is 0 Å². The van der Waals surface area contributed by atoms with E-state index in [-0.39, 0.29) is 6.54 Å². The molecule has 0 saturated carbocycles. The van der Waals surface area contributed by atoms with Crippen molar-refractivity contribution in [1.29, 1.82) is 0 Å². The fourth-order valence-electron chi connectivity index (χ4n) is 0.629. The molecule has 0 atom stereocenters. The van der Waals surface area contributed by atoms with Gasteiger partial charge in [-0.15, -0.1) is 0 Å². The van der Waals surface area contributed by atoms with Gasteiger partial charge in [-0.3, -0.25) is 9.63 Å². The number of hydrogen-bond donors (Lipinski definition) is 0. The Hall–Kier alpha value is -0.810. The van der Waals surface area contributed by atoms with Crippen LogP contribution >= 0.6 is 11.6 Å². The first-order valence-electron chi connectivity index (χ1n) is 3.99. The van der Waals surface area contributed by atoms with E-state index < -0.39 is 16.9 Å². The van der Waals surface area contributed by atoms with Gasteiger partial charge in [-0.1, -0.05) is 0 Å². The summed E-state index contributed by atoms with van der Waals surface area (Å²) in [5, 5.41) is 0.0540. The summed E-state index contributed by atoms with van der Waals surface area (Å²) in [5.74, 6) is 0. The number of carbonyl (C=O) groups excluding carboxylic acids is 2. The van der Waals surface area contributed by atoms with Gasteiger partial charge < -0.3 is 4.74 Å². The monoisotopic (exact) mass is 223 g/mol. The van der Waals surface area contributed by atoms with Gasteiger partial charge in [0.2, 0.25) is 5.24 Å². The highest BCUT2D eigenvalue weighted by atomic mass is 35.5. The van der Waals surface area contributed by atoms with Crippen LogP contribution in [-0.2, 0) is 14.4 Å². The average molecular weight is 224 g/mol. The molecule has 6 heteroatoms. The van der Waals surface area contributed by atoms with Crippen LogP contribution in [0.15, 0.2) is 0 Å². The SMILES string of the molecule is CON(CC(=O)Cl)C(=O)OC(C)(C)C. The van der Waals surface area contributed by atoms with Crippen molar-refractivity contribution in [3.8, 4) is 0 Å². The third-order valence-corrected chi connectivity index (χ3v) is 1.20. The van der Waals surface area contributed by atoms with Gasteiger partial charge in [-0.2, -0.15) is 5.06 Å². The molecule has 0 rings (SSSR count). The summed E-state index contributed by atoms with van der Waals surface area (Å²) >= 11 is 5.10. The summed E-state index contributed by atoms with van der Waals surface area (Å²) in [7, 11) is 1.25. The lowest BCUT2D eigenvalue weighted by atomic mass is 10.2. The number of nitrogens with zero attached hydrogens (tertiary/aromatic N) is 1. The molecule has 14 heavy (non-hydrogen) atoms. The van der Waals surface area contributed by atoms with Crippen molar-refractivity contribution >= 4 is 22.9 Å². The van der Waals surface area contributed by atoms with E-state index in [2.05, 4.69) is 4.84 Å². The van der Waals surface area contributed by atoms with Crippen LogP contribution in [0.4, 0.5) is 4.79 Å². The summed E-state index contributed by atoms with van der Waals surface area (Å²) < 4.78 is 4.94. The number of halogens is 1. The van der Waals surface area contributed by atoms with E-state index in [1.807, 2.05) is 0 Å². The van der Waals surface area contributed by atoms with Crippen LogP contribution in [0.25, 0.3) is 0 Å². The molecular weight excluding hydrogens is 210 g/mol. The number of hydrogen-bond acceptors (Lipinski definition) is 4. The molecule has 0 aliphatic heterocycles. The lowest BCUT2D eigenvalue weighted by Gasteiger charge is -2.24. The Morgan fingerprint density at radius 1 is 1.36 bits per heavy atom. The zero-order valence-corrected chi connectivity index (χ0v) is 9.42. The van der Waals surface area contributed by atoms with Crippen LogP contribution in [0.1, 0.15) is 20.8 Å². The highest BCUT2D eigenvalue weighted by Crippen LogP contribution is 2.09. The zero-order chi connectivity index (χ0) is 11.4. The highest BCUT2D eigenvalue weighted by Gasteiger charge is 2.23. The molecule has 0 bridgehead atoms. The molecule has 1 amide bonds. The number of amides is 1. The van der Waals surface area contributed by atoms with Crippen LogP contribution in [-0.4, -0.2) is 35.7 Å². The normalized spacial score (nSPS) is 10.9. The Morgan fingerprint density at radius 3 is 2.14 bits per heavy atom. The van der Waals surface area contributed by atoms with Gasteiger partial charge in [-0.25, -0.2) is 4.79 Å². The van der Waals surface area contributed by atoms with E-state index in [9.17, 15) is 9.59 Å². The van der Waals surface area contributed by atoms with Crippen LogP contribution in [0.5, 0.6) is 0 Å². The molecule has 0 spiro atoms. The zero-order valence-electron chi connectivity index (χ0n) is 8.67. The maximum Gasteiger partial charge on any atom is 0.434 e. The second kappa shape index (κ2) is 5.17. The van der Waals surface area contributed by atoms with Gasteiger partial charge in [0, 0.05) is 0 Å². The van der Waals surface area contributed by atoms with Crippen LogP contribution in [0, 0.1) is 0 Å². The minimum Gasteiger partial charge on any atom is -0.442 e. The van der Waals surface area contributed by atoms with E-state index >= 15 is 0 Å². The quantitative estimate of drug-likeness (QED) is 0.538. The molecular formula is C8H14ClNO4. The van der Waals surface area contributed by atoms with Gasteiger partial charge in [0.1, 0.15) is 12.1 Å². The summed E-state index contributed by atoms with van der Waals surface area (Å²) in [6.45, 7) is 4.79. The van der Waals surface area contributed by atoms with Gasteiger partial charge >= 0.3 is 6.09 Å². The molecule has 0 radical (unpaired) electrons. The summed E-state index contributed by atoms with van der Waals surface area (Å²) in [6.07, 6.45) is -0.742. The molecule has 5 nitrogen and oxygen atoms in total. The van der Waals surface area contributed by atoms with Crippen molar-refractivity contribution in [3.63, 3.8) is 0 Å². The molecule has 0 heterocycles. The number of carbonyl (C=O) groups is 2. The first-order valence-corrected chi connectivity index (χ1v) is 4.37. The predicted molar refractivity (Wildman–Crippen MR) is 50.8 cm³/mol. The number of rotatable bonds is 3. The molecule has 0 aliphatic carbocycles. The lowest BCUT2D eigenvalue weighted by Crippen LogP contribution is -2.38. The smallest absolute Gasteiger partial charge is 0.434 e. The molecule has 0 aromatic rings. The van der Waals surface area contributed by atoms with Crippen LogP contribution in [0.3, 0.4) is 0 Å². The van der Waals surface area contributed by atoms with Crippen molar-refractivity contribution in [2.75, 3.05) is 13.7 Å². The van der Waals surface area contributed by atoms with Gasteiger partial charge in [0.05, 0.1) is 7.11 Å². The Balaban J connectivity index is 4.25. The molecule has 0 fully saturated rings. The standard InChI is InChI=1S/C8H14ClNO4/c1-8(2,3)14-7(12)10(13-4)5-6(9)11/h5H2,1-4H3. The van der Waals surface area contributed by atoms with Gasteiger partial charge in [-0.05, 0) is 32.4 Å². The predicted octanol–water partition coefficient (Wildman–Crippen LogP) is 1.55. The van der Waals surface area contributed by atoms with E-state index in [0.717, 1.165) is 5.06 Å². The molecule has 82 valence electrons. The molecule has 0 aromatic carbocycles. The first kappa shape index (κ1) is 13.2. The molecule has 0 aromatic heterocycles. The van der Waals surface area contributed by atoms with Crippen molar-refractivity contribution in [2.24, 2.45) is 0 Å². The largest absolute Gasteiger partial charge is 0.442 e. The summed E-state index contributed by atoms with van der Waals surface area (Å²) in [5.41, 5.74) is -0.636. The maximum atomic E-state index is 11.3. The van der Waals surface area contributed by atoms with Crippen molar-refractivity contribution in [3.05, 3.63) is 0 Å². The fraction of sp³-hybridized carbons (Fsp3) is 0.750. The molecule has 0 unspecified atom stereocenters. The first-order chi connectivity index (χ1) is 6.26. The fourth-order valence-corrected chi connectivity index (χ4v) is 0.738. The van der Waals surface area contributed by atoms with Crippen molar-refractivity contribution < 1.29 is 19.2 Å². The maximum absolute atomic E-state index is 11.3. The summed E-state index contributed by atoms with van der Waals surface area (Å²) in [4.78, 5) is 26.4. The molecule has 0 aliphatic rings. The Labute approximate surface area is 87.9 Å². The molecule has 0 saturated heterocycles. The number of hydroxylamine groups is 2. The lowest BCUT2D eigenvalue weighted by molar-refractivity contribution is -0.138. The second-order valence-electron chi connectivity index (χ2n) is 3.55. The van der Waals surface area contributed by atoms with Crippen molar-refractivity contribution in [2.45, 2.75) is 26.4 Å². The molecule has 0 N–H and O–H groups in total. The minimum absolute atomic E-state index is 0.340. The van der Waals surface area contributed by atoms with Crippen molar-refractivity contribution in [1.82, 2.24) is 5.06 Å². The minimum atomic E-state index is -0.742. The third kappa shape index (κ3) is 5.77. The highest BCUT2D eigenvalue weighted by molar-refractivity contribution is 6.64. The Bertz CT molecular complexity index is 224. The van der Waals surface area contributed by atoms with Crippen LogP contribution < -0.4 is 0 Å². The van der Waals surface area contributed by atoms with E-state index in [1.54, 1.807) is 20.8 Å². The third-order valence-electron chi connectivity index (χ3n) is 1.09. The van der Waals surface area contributed by atoms with E-state index in [0.29, 0.717) is 0 Å². The van der Waals surface area contributed by atoms with Crippen LogP contribution in [0.2, 0.25) is 0 Å². The second-order valence-corrected chi connectivity index (χ2v) is 3.98. The van der Waals surface area contributed by atoms with E-state index in [4.69, 9.17) is 16.3 Å². The topological polar surface area (TPSA) is 55.8 Å². The van der Waals surface area contributed by atoms with E-state index in [1.165, 1.54) is 7.11 Å². The average Bonchev–Trinajstić information content (AvgIpc) is 1.96. The van der Waals surface area contributed by atoms with Gasteiger partial charge in [0.15, 0.2) is 0 Å². The summed E-state index contributed by atoms with van der Waals surface area (Å²) in [6, 6.07) is 0. The number of ether oxygens (including phenoxy) is 1.